The maximum atomic E-state index is 11.3. The van der Waals surface area contributed by atoms with Crippen LogP contribution in [0.4, 0.5) is 5.69 Å². The molecule has 0 aliphatic heterocycles. The SMILES string of the molecule is CCc1nn(-c2cc(C)ccc2C#N)c(CC)c1[N+](=O)[O-]. The molecule has 0 N–H and O–H groups in total. The van der Waals surface area contributed by atoms with Gasteiger partial charge >= 0.3 is 5.69 Å². The second-order valence-electron chi connectivity index (χ2n) is 4.75. The predicted molar refractivity (Wildman–Crippen MR) is 78.4 cm³/mol. The van der Waals surface area contributed by atoms with Gasteiger partial charge in [0.15, 0.2) is 0 Å². The fourth-order valence-corrected chi connectivity index (χ4v) is 2.37. The summed E-state index contributed by atoms with van der Waals surface area (Å²) in [6, 6.07) is 7.50. The molecule has 1 aromatic carbocycles. The van der Waals surface area contributed by atoms with E-state index in [1.807, 2.05) is 32.9 Å². The van der Waals surface area contributed by atoms with Crippen LogP contribution in [0.15, 0.2) is 18.2 Å². The molecule has 0 unspecified atom stereocenters. The zero-order chi connectivity index (χ0) is 15.6. The molecule has 2 aromatic rings. The van der Waals surface area contributed by atoms with Crippen molar-refractivity contribution in [3.8, 4) is 11.8 Å². The normalized spacial score (nSPS) is 10.4. The number of rotatable bonds is 4. The Balaban J connectivity index is 2.79. The van der Waals surface area contributed by atoms with Crippen LogP contribution in [0.5, 0.6) is 0 Å². The summed E-state index contributed by atoms with van der Waals surface area (Å²) in [5, 5.41) is 24.9. The highest BCUT2D eigenvalue weighted by molar-refractivity contribution is 5.54. The summed E-state index contributed by atoms with van der Waals surface area (Å²) in [5.41, 5.74) is 3.06. The molecule has 0 aliphatic carbocycles. The summed E-state index contributed by atoms with van der Waals surface area (Å²) in [5.74, 6) is 0. The third kappa shape index (κ3) is 2.50. The number of aromatic nitrogens is 2. The molecule has 0 fully saturated rings. The number of aryl methyl sites for hydroxylation is 2. The highest BCUT2D eigenvalue weighted by Crippen LogP contribution is 2.28. The second-order valence-corrected chi connectivity index (χ2v) is 4.75. The molecule has 21 heavy (non-hydrogen) atoms. The van der Waals surface area contributed by atoms with Gasteiger partial charge in [-0.1, -0.05) is 19.9 Å². The van der Waals surface area contributed by atoms with E-state index in [0.717, 1.165) is 5.56 Å². The standard InChI is InChI=1S/C15H16N4O2/c1-4-12-15(19(20)21)13(5-2)18(17-12)14-8-10(3)6-7-11(14)9-16/h6-8H,4-5H2,1-3H3. The monoisotopic (exact) mass is 284 g/mol. The predicted octanol–water partition coefficient (Wildman–Crippen LogP) is 3.09. The molecule has 0 saturated heterocycles. The van der Waals surface area contributed by atoms with Crippen LogP contribution in [-0.2, 0) is 12.8 Å². The summed E-state index contributed by atoms with van der Waals surface area (Å²) in [7, 11) is 0. The minimum absolute atomic E-state index is 0.0606. The molecule has 0 aliphatic rings. The van der Waals surface area contributed by atoms with Gasteiger partial charge in [-0.05, 0) is 37.5 Å². The van der Waals surface area contributed by atoms with Gasteiger partial charge in [-0.3, -0.25) is 10.1 Å². The van der Waals surface area contributed by atoms with E-state index in [2.05, 4.69) is 11.2 Å². The lowest BCUT2D eigenvalue weighted by Gasteiger charge is -2.08. The fraction of sp³-hybridized carbons (Fsp3) is 0.333. The van der Waals surface area contributed by atoms with Crippen LogP contribution in [0.2, 0.25) is 0 Å². The smallest absolute Gasteiger partial charge is 0.258 e. The lowest BCUT2D eigenvalue weighted by molar-refractivity contribution is -0.386. The number of hydrogen-bond donors (Lipinski definition) is 0. The summed E-state index contributed by atoms with van der Waals surface area (Å²) in [6.07, 6.45) is 0.951. The molecule has 0 amide bonds. The van der Waals surface area contributed by atoms with Crippen molar-refractivity contribution < 1.29 is 4.92 Å². The maximum Gasteiger partial charge on any atom is 0.313 e. The molecule has 0 spiro atoms. The van der Waals surface area contributed by atoms with E-state index in [4.69, 9.17) is 0 Å². The Hall–Kier alpha value is -2.68. The van der Waals surface area contributed by atoms with Gasteiger partial charge in [0.05, 0.1) is 16.2 Å². The molecule has 1 aromatic heterocycles. The molecule has 0 radical (unpaired) electrons. The van der Waals surface area contributed by atoms with Gasteiger partial charge in [-0.2, -0.15) is 10.4 Å². The Labute approximate surface area is 122 Å². The molecular formula is C15H16N4O2. The lowest BCUT2D eigenvalue weighted by atomic mass is 10.1. The molecule has 2 rings (SSSR count). The summed E-state index contributed by atoms with van der Waals surface area (Å²) >= 11 is 0. The van der Waals surface area contributed by atoms with Crippen LogP contribution in [-0.4, -0.2) is 14.7 Å². The van der Waals surface area contributed by atoms with Crippen molar-refractivity contribution in [3.63, 3.8) is 0 Å². The number of nitriles is 1. The van der Waals surface area contributed by atoms with Gasteiger partial charge in [-0.15, -0.1) is 0 Å². The third-order valence-electron chi connectivity index (χ3n) is 3.38. The summed E-state index contributed by atoms with van der Waals surface area (Å²) in [6.45, 7) is 5.59. The zero-order valence-electron chi connectivity index (χ0n) is 12.3. The Morgan fingerprint density at radius 2 is 2.10 bits per heavy atom. The average molecular weight is 284 g/mol. The van der Waals surface area contributed by atoms with Crippen molar-refractivity contribution >= 4 is 5.69 Å². The molecule has 0 atom stereocenters. The van der Waals surface area contributed by atoms with Gasteiger partial charge in [0.1, 0.15) is 17.5 Å². The van der Waals surface area contributed by atoms with E-state index in [1.54, 1.807) is 10.7 Å². The average Bonchev–Trinajstić information content (AvgIpc) is 2.85. The van der Waals surface area contributed by atoms with E-state index < -0.39 is 0 Å². The molecule has 108 valence electrons. The van der Waals surface area contributed by atoms with Crippen molar-refractivity contribution in [1.29, 1.82) is 5.26 Å². The fourth-order valence-electron chi connectivity index (χ4n) is 2.37. The molecular weight excluding hydrogens is 268 g/mol. The molecule has 1 heterocycles. The van der Waals surface area contributed by atoms with Crippen molar-refractivity contribution in [2.24, 2.45) is 0 Å². The number of nitrogens with zero attached hydrogens (tertiary/aromatic N) is 4. The van der Waals surface area contributed by atoms with Gasteiger partial charge in [0, 0.05) is 0 Å². The first-order chi connectivity index (χ1) is 10.0. The maximum absolute atomic E-state index is 11.3. The molecule has 6 nitrogen and oxygen atoms in total. The summed E-state index contributed by atoms with van der Waals surface area (Å²) in [4.78, 5) is 10.9. The van der Waals surface area contributed by atoms with Crippen molar-refractivity contribution in [3.05, 3.63) is 50.8 Å². The van der Waals surface area contributed by atoms with Crippen LogP contribution in [0.25, 0.3) is 5.69 Å². The highest BCUT2D eigenvalue weighted by Gasteiger charge is 2.26. The zero-order valence-corrected chi connectivity index (χ0v) is 12.3. The Kier molecular flexibility index (Phi) is 4.03. The van der Waals surface area contributed by atoms with Crippen LogP contribution < -0.4 is 0 Å². The van der Waals surface area contributed by atoms with Gasteiger partial charge < -0.3 is 0 Å². The Morgan fingerprint density at radius 3 is 2.62 bits per heavy atom. The topological polar surface area (TPSA) is 84.8 Å². The molecule has 0 saturated carbocycles. The van der Waals surface area contributed by atoms with Crippen molar-refractivity contribution in [2.75, 3.05) is 0 Å². The van der Waals surface area contributed by atoms with E-state index in [9.17, 15) is 15.4 Å². The first-order valence-corrected chi connectivity index (χ1v) is 6.79. The van der Waals surface area contributed by atoms with Gasteiger partial charge in [-0.25, -0.2) is 4.68 Å². The third-order valence-corrected chi connectivity index (χ3v) is 3.38. The number of nitro groups is 1. The van der Waals surface area contributed by atoms with Crippen LogP contribution >= 0.6 is 0 Å². The van der Waals surface area contributed by atoms with E-state index in [0.29, 0.717) is 35.5 Å². The van der Waals surface area contributed by atoms with Gasteiger partial charge in [0.25, 0.3) is 0 Å². The van der Waals surface area contributed by atoms with Crippen molar-refractivity contribution in [1.82, 2.24) is 9.78 Å². The Bertz CT molecular complexity index is 741. The quantitative estimate of drug-likeness (QED) is 0.637. The molecule has 6 heteroatoms. The lowest BCUT2D eigenvalue weighted by Crippen LogP contribution is -2.05. The van der Waals surface area contributed by atoms with Gasteiger partial charge in [0.2, 0.25) is 0 Å². The van der Waals surface area contributed by atoms with E-state index >= 15 is 0 Å². The summed E-state index contributed by atoms with van der Waals surface area (Å²) < 4.78 is 1.54. The molecule has 0 bridgehead atoms. The van der Waals surface area contributed by atoms with E-state index in [-0.39, 0.29) is 10.6 Å². The van der Waals surface area contributed by atoms with Crippen LogP contribution in [0.1, 0.15) is 36.4 Å². The first-order valence-electron chi connectivity index (χ1n) is 6.79. The largest absolute Gasteiger partial charge is 0.313 e. The van der Waals surface area contributed by atoms with Crippen LogP contribution in [0, 0.1) is 28.4 Å². The minimum atomic E-state index is -0.386. The minimum Gasteiger partial charge on any atom is -0.258 e. The second kappa shape index (κ2) is 5.75. The number of hydrogen-bond acceptors (Lipinski definition) is 4. The van der Waals surface area contributed by atoms with E-state index in [1.165, 1.54) is 0 Å². The number of benzene rings is 1. The highest BCUT2D eigenvalue weighted by atomic mass is 16.6. The Morgan fingerprint density at radius 1 is 1.38 bits per heavy atom. The first kappa shape index (κ1) is 14.7. The van der Waals surface area contributed by atoms with Crippen LogP contribution in [0.3, 0.4) is 0 Å². The van der Waals surface area contributed by atoms with Crippen molar-refractivity contribution in [2.45, 2.75) is 33.6 Å².